The fourth-order valence-corrected chi connectivity index (χ4v) is 0.445. The second-order valence-corrected chi connectivity index (χ2v) is 1.81. The maximum atomic E-state index is 8.35. The van der Waals surface area contributed by atoms with E-state index in [1.807, 2.05) is 0 Å². The molecule has 3 heteroatoms. The topological polar surface area (TPSA) is 40.5 Å². The van der Waals surface area contributed by atoms with E-state index in [4.69, 9.17) is 18.1 Å². The Balaban J connectivity index is 2.86. The van der Waals surface area contributed by atoms with Crippen LogP contribution in [-0.4, -0.2) is 31.3 Å². The summed E-state index contributed by atoms with van der Waals surface area (Å²) in [6, 6.07) is 0. The molecule has 0 bridgehead atoms. The fourth-order valence-electron chi connectivity index (χ4n) is 0.445. The molecule has 0 aromatic heterocycles. The van der Waals surface area contributed by atoms with E-state index in [2.05, 4.69) is 0 Å². The molecule has 0 heterocycles. The maximum absolute atomic E-state index is 8.35. The van der Waals surface area contributed by atoms with Crippen molar-refractivity contribution in [3.63, 3.8) is 0 Å². The van der Waals surface area contributed by atoms with Crippen LogP contribution in [0.15, 0.2) is 0 Å². The highest BCUT2D eigenvalue weighted by Gasteiger charge is 1.96. The zero-order chi connectivity index (χ0) is 6.41. The van der Waals surface area contributed by atoms with Crippen LogP contribution in [0.25, 0.3) is 0 Å². The number of aliphatic hydroxyl groups is 2. The van der Waals surface area contributed by atoms with Crippen LogP contribution in [0, 0.1) is 0 Å². The van der Waals surface area contributed by atoms with Gasteiger partial charge in [0.25, 0.3) is 0 Å². The molecule has 0 spiro atoms. The lowest BCUT2D eigenvalue weighted by molar-refractivity contribution is 0.257. The summed E-state index contributed by atoms with van der Waals surface area (Å²) in [5.74, 6) is -0.151. The van der Waals surface area contributed by atoms with Gasteiger partial charge in [-0.25, -0.2) is 0 Å². The van der Waals surface area contributed by atoms with Gasteiger partial charge >= 0.3 is 0 Å². The van der Waals surface area contributed by atoms with E-state index < -0.39 is 0 Å². The Hall–Kier alpha value is -0.0151. The van der Waals surface area contributed by atoms with Crippen LogP contribution >= 0.6 is 0 Å². The molecule has 1 atom stereocenters. The van der Waals surface area contributed by atoms with Crippen LogP contribution < -0.4 is 0 Å². The molecule has 0 amide bonds. The van der Waals surface area contributed by atoms with E-state index in [1.165, 1.54) is 0 Å². The van der Waals surface area contributed by atoms with Crippen molar-refractivity contribution in [2.45, 2.75) is 18.7 Å². The molecule has 0 saturated heterocycles. The molecule has 0 aliphatic carbocycles. The first-order chi connectivity index (χ1) is 3.81. The number of hydrogen-bond donors (Lipinski definition) is 2. The Labute approximate surface area is 50.9 Å². The average Bonchev–Trinajstić information content (AvgIpc) is 1.83. The summed E-state index contributed by atoms with van der Waals surface area (Å²) < 4.78 is 0. The second-order valence-electron chi connectivity index (χ2n) is 1.81. The summed E-state index contributed by atoms with van der Waals surface area (Å²) in [6.45, 7) is 0.174. The summed E-state index contributed by atoms with van der Waals surface area (Å²) in [5.41, 5.74) is 0. The molecule has 8 heavy (non-hydrogen) atoms. The van der Waals surface area contributed by atoms with E-state index >= 15 is 0 Å². The van der Waals surface area contributed by atoms with Crippen LogP contribution in [0.1, 0.15) is 12.8 Å². The molecule has 0 aromatic rings. The lowest BCUT2D eigenvalue weighted by Gasteiger charge is -2.03. The van der Waals surface area contributed by atoms with Crippen molar-refractivity contribution in [3.05, 3.63) is 0 Å². The van der Waals surface area contributed by atoms with Crippen molar-refractivity contribution in [1.82, 2.24) is 0 Å². The Kier molecular flexibility index (Phi) is 5.12. The Morgan fingerprint density at radius 3 is 2.38 bits per heavy atom. The van der Waals surface area contributed by atoms with Gasteiger partial charge in [-0.15, -0.1) is 0 Å². The smallest absolute Gasteiger partial charge is 0.0730 e. The molecular weight excluding hydrogens is 103 g/mol. The van der Waals surface area contributed by atoms with Gasteiger partial charge in [0, 0.05) is 13.2 Å². The highest BCUT2D eigenvalue weighted by atomic mass is 16.3. The molecule has 0 aromatic carbocycles. The molecule has 2 nitrogen and oxygen atoms in total. The third-order valence-electron chi connectivity index (χ3n) is 0.968. The van der Waals surface area contributed by atoms with Crippen LogP contribution in [0.5, 0.6) is 0 Å². The predicted octanol–water partition coefficient (Wildman–Crippen LogP) is -0.292. The van der Waals surface area contributed by atoms with Crippen LogP contribution in [0.2, 0.25) is 5.82 Å². The van der Waals surface area contributed by atoms with Crippen molar-refractivity contribution in [3.8, 4) is 0 Å². The second kappa shape index (κ2) is 5.13. The predicted molar refractivity (Wildman–Crippen MR) is 32.9 cm³/mol. The first-order valence-electron chi connectivity index (χ1n) is 2.78. The Morgan fingerprint density at radius 1 is 1.38 bits per heavy atom. The number of hydrogen-bond acceptors (Lipinski definition) is 2. The highest BCUT2D eigenvalue weighted by molar-refractivity contribution is 6.11. The minimum absolute atomic E-state index is 0.0139. The minimum Gasteiger partial charge on any atom is -0.397 e. The van der Waals surface area contributed by atoms with Gasteiger partial charge in [-0.2, -0.15) is 0 Å². The van der Waals surface area contributed by atoms with Crippen molar-refractivity contribution in [1.29, 1.82) is 0 Å². The number of aliphatic hydroxyl groups excluding tert-OH is 2. The third-order valence-corrected chi connectivity index (χ3v) is 0.968. The van der Waals surface area contributed by atoms with Crippen LogP contribution in [0.4, 0.5) is 0 Å². The van der Waals surface area contributed by atoms with Gasteiger partial charge in [0.05, 0.1) is 7.85 Å². The van der Waals surface area contributed by atoms with Gasteiger partial charge < -0.3 is 10.2 Å². The molecule has 0 saturated carbocycles. The summed E-state index contributed by atoms with van der Waals surface area (Å²) in [5, 5.41) is 16.6. The molecule has 0 aliphatic rings. The first kappa shape index (κ1) is 7.98. The van der Waals surface area contributed by atoms with E-state index in [0.29, 0.717) is 12.8 Å². The van der Waals surface area contributed by atoms with Crippen LogP contribution in [0.3, 0.4) is 0 Å². The quantitative estimate of drug-likeness (QED) is 0.493. The average molecular weight is 114 g/mol. The van der Waals surface area contributed by atoms with Crippen molar-refractivity contribution in [2.24, 2.45) is 0 Å². The van der Waals surface area contributed by atoms with Crippen molar-refractivity contribution >= 4 is 7.85 Å². The first-order valence-corrected chi connectivity index (χ1v) is 2.78. The van der Waals surface area contributed by atoms with Gasteiger partial charge in [0.2, 0.25) is 0 Å². The summed E-state index contributed by atoms with van der Waals surface area (Å²) in [7, 11) is 5.30. The summed E-state index contributed by atoms with van der Waals surface area (Å²) >= 11 is 0. The minimum atomic E-state index is -0.151. The Bertz CT molecular complexity index is 49.7. The Morgan fingerprint density at radius 2 is 2.00 bits per heavy atom. The molecule has 2 radical (unpaired) electrons. The van der Waals surface area contributed by atoms with Crippen molar-refractivity contribution < 1.29 is 10.2 Å². The normalized spacial score (nSPS) is 13.8. The molecule has 1 unspecified atom stereocenters. The zero-order valence-electron chi connectivity index (χ0n) is 4.88. The van der Waals surface area contributed by atoms with Gasteiger partial charge in [0.1, 0.15) is 0 Å². The maximum Gasteiger partial charge on any atom is 0.0730 e. The molecule has 2 N–H and O–H groups in total. The highest BCUT2D eigenvalue weighted by Crippen LogP contribution is 2.05. The SMILES string of the molecule is [B]C(CO)CCCO. The van der Waals surface area contributed by atoms with E-state index in [9.17, 15) is 0 Å². The lowest BCUT2D eigenvalue weighted by Crippen LogP contribution is -1.98. The van der Waals surface area contributed by atoms with Crippen molar-refractivity contribution in [2.75, 3.05) is 13.2 Å². The van der Waals surface area contributed by atoms with Crippen LogP contribution in [-0.2, 0) is 0 Å². The van der Waals surface area contributed by atoms with Gasteiger partial charge in [0.15, 0.2) is 0 Å². The summed E-state index contributed by atoms with van der Waals surface area (Å²) in [4.78, 5) is 0. The lowest BCUT2D eigenvalue weighted by atomic mass is 9.84. The standard InChI is InChI=1S/C5H11BO2/c6-5(4-8)2-1-3-7/h5,7-8H,1-4H2. The molecule has 0 rings (SSSR count). The fraction of sp³-hybridized carbons (Fsp3) is 1.00. The van der Waals surface area contributed by atoms with E-state index in [-0.39, 0.29) is 19.0 Å². The number of rotatable bonds is 4. The van der Waals surface area contributed by atoms with E-state index in [1.54, 1.807) is 0 Å². The van der Waals surface area contributed by atoms with Gasteiger partial charge in [-0.05, 0) is 6.42 Å². The zero-order valence-corrected chi connectivity index (χ0v) is 4.88. The molecule has 46 valence electrons. The molecule has 0 fully saturated rings. The molecular formula is C5H11BO2. The van der Waals surface area contributed by atoms with Gasteiger partial charge in [-0.3, -0.25) is 0 Å². The summed E-state index contributed by atoms with van der Waals surface area (Å²) in [6.07, 6.45) is 1.38. The van der Waals surface area contributed by atoms with E-state index in [0.717, 1.165) is 0 Å². The van der Waals surface area contributed by atoms with Gasteiger partial charge in [-0.1, -0.05) is 12.2 Å². The largest absolute Gasteiger partial charge is 0.397 e. The monoisotopic (exact) mass is 114 g/mol. The molecule has 0 aliphatic heterocycles. The third kappa shape index (κ3) is 4.15.